The van der Waals surface area contributed by atoms with Gasteiger partial charge in [-0.2, -0.15) is 4.31 Å². The number of morpholine rings is 1. The number of ether oxygens (including phenoxy) is 2. The summed E-state index contributed by atoms with van der Waals surface area (Å²) >= 11 is 0. The average Bonchev–Trinajstić information content (AvgIpc) is 3.18. The number of amides is 1. The molecule has 7 nitrogen and oxygen atoms in total. The molecule has 0 unspecified atom stereocenters. The molecule has 8 heteroatoms. The number of benzene rings is 2. The molecule has 4 rings (SSSR count). The average molecular weight is 416 g/mol. The molecular weight excluding hydrogens is 392 g/mol. The quantitative estimate of drug-likeness (QED) is 0.744. The summed E-state index contributed by atoms with van der Waals surface area (Å²) in [5, 5.41) is 0. The molecule has 29 heavy (non-hydrogen) atoms. The van der Waals surface area contributed by atoms with E-state index in [1.54, 1.807) is 30.2 Å². The molecule has 2 aromatic rings. The summed E-state index contributed by atoms with van der Waals surface area (Å²) in [6.45, 7) is 2.12. The second-order valence-corrected chi connectivity index (χ2v) is 9.07. The van der Waals surface area contributed by atoms with Crippen LogP contribution in [0.15, 0.2) is 47.4 Å². The van der Waals surface area contributed by atoms with Crippen molar-refractivity contribution in [2.75, 3.05) is 44.9 Å². The Morgan fingerprint density at radius 3 is 2.48 bits per heavy atom. The van der Waals surface area contributed by atoms with Gasteiger partial charge in [-0.05, 0) is 47.9 Å². The Balaban J connectivity index is 1.51. The summed E-state index contributed by atoms with van der Waals surface area (Å²) < 4.78 is 37.6. The fraction of sp³-hybridized carbons (Fsp3) is 0.381. The van der Waals surface area contributed by atoms with Gasteiger partial charge in [-0.25, -0.2) is 8.42 Å². The van der Waals surface area contributed by atoms with Crippen molar-refractivity contribution >= 4 is 21.6 Å². The van der Waals surface area contributed by atoms with E-state index < -0.39 is 10.0 Å². The van der Waals surface area contributed by atoms with Crippen molar-refractivity contribution in [2.24, 2.45) is 0 Å². The van der Waals surface area contributed by atoms with E-state index in [-0.39, 0.29) is 17.2 Å². The smallest absolute Gasteiger partial charge is 0.243 e. The van der Waals surface area contributed by atoms with Gasteiger partial charge in [0.25, 0.3) is 0 Å². The molecule has 2 aromatic carbocycles. The Kier molecular flexibility index (Phi) is 5.58. The number of fused-ring (bicyclic) bond motifs is 1. The Morgan fingerprint density at radius 2 is 1.79 bits per heavy atom. The minimum atomic E-state index is -3.54. The van der Waals surface area contributed by atoms with Crippen molar-refractivity contribution in [1.82, 2.24) is 4.31 Å². The molecule has 0 bridgehead atoms. The number of hydrogen-bond acceptors (Lipinski definition) is 5. The van der Waals surface area contributed by atoms with E-state index in [0.29, 0.717) is 39.3 Å². The van der Waals surface area contributed by atoms with Crippen molar-refractivity contribution in [3.05, 3.63) is 53.6 Å². The number of hydrogen-bond donors (Lipinski definition) is 0. The van der Waals surface area contributed by atoms with Crippen molar-refractivity contribution in [3.8, 4) is 5.75 Å². The number of sulfonamides is 1. The Hall–Kier alpha value is -2.42. The van der Waals surface area contributed by atoms with Crippen LogP contribution >= 0.6 is 0 Å². The molecule has 0 N–H and O–H groups in total. The Bertz CT molecular complexity index is 998. The molecule has 2 aliphatic rings. The van der Waals surface area contributed by atoms with Crippen LogP contribution in [0.4, 0.5) is 5.69 Å². The van der Waals surface area contributed by atoms with Gasteiger partial charge >= 0.3 is 0 Å². The lowest BCUT2D eigenvalue weighted by atomic mass is 10.1. The third-order valence-corrected chi connectivity index (χ3v) is 7.26. The normalized spacial score (nSPS) is 17.2. The zero-order chi connectivity index (χ0) is 20.4. The van der Waals surface area contributed by atoms with E-state index in [0.717, 1.165) is 22.6 Å². The summed E-state index contributed by atoms with van der Waals surface area (Å²) in [6.07, 6.45) is 0.938. The van der Waals surface area contributed by atoms with Gasteiger partial charge in [0.1, 0.15) is 5.75 Å². The fourth-order valence-electron chi connectivity index (χ4n) is 3.75. The van der Waals surface area contributed by atoms with Crippen LogP contribution in [0.3, 0.4) is 0 Å². The first-order chi connectivity index (χ1) is 14.0. The van der Waals surface area contributed by atoms with Gasteiger partial charge in [-0.1, -0.05) is 12.1 Å². The largest absolute Gasteiger partial charge is 0.497 e. The maximum absolute atomic E-state index is 12.9. The fourth-order valence-corrected chi connectivity index (χ4v) is 5.21. The lowest BCUT2D eigenvalue weighted by Crippen LogP contribution is -2.40. The van der Waals surface area contributed by atoms with E-state index in [9.17, 15) is 13.2 Å². The van der Waals surface area contributed by atoms with Gasteiger partial charge in [0.05, 0.1) is 31.6 Å². The van der Waals surface area contributed by atoms with Crippen LogP contribution in [-0.4, -0.2) is 58.6 Å². The molecular formula is C21H24N2O5S. The molecule has 2 heterocycles. The van der Waals surface area contributed by atoms with Crippen LogP contribution in [0.1, 0.15) is 11.1 Å². The monoisotopic (exact) mass is 416 g/mol. The molecule has 1 amide bonds. The molecule has 0 aromatic heterocycles. The second-order valence-electron chi connectivity index (χ2n) is 7.13. The summed E-state index contributed by atoms with van der Waals surface area (Å²) in [6, 6.07) is 12.5. The molecule has 0 atom stereocenters. The number of anilines is 1. The summed E-state index contributed by atoms with van der Waals surface area (Å²) in [5.41, 5.74) is 2.60. The first-order valence-corrected chi connectivity index (χ1v) is 11.1. The summed E-state index contributed by atoms with van der Waals surface area (Å²) in [4.78, 5) is 14.8. The van der Waals surface area contributed by atoms with E-state index in [4.69, 9.17) is 9.47 Å². The number of rotatable bonds is 5. The van der Waals surface area contributed by atoms with E-state index in [1.165, 1.54) is 4.31 Å². The van der Waals surface area contributed by atoms with Crippen LogP contribution in [0, 0.1) is 0 Å². The van der Waals surface area contributed by atoms with Crippen molar-refractivity contribution < 1.29 is 22.7 Å². The van der Waals surface area contributed by atoms with Crippen molar-refractivity contribution in [2.45, 2.75) is 17.7 Å². The van der Waals surface area contributed by atoms with E-state index >= 15 is 0 Å². The maximum Gasteiger partial charge on any atom is 0.243 e. The number of carbonyl (C=O) groups excluding carboxylic acids is 1. The van der Waals surface area contributed by atoms with Gasteiger partial charge in [0, 0.05) is 25.3 Å². The molecule has 0 spiro atoms. The van der Waals surface area contributed by atoms with Crippen molar-refractivity contribution in [3.63, 3.8) is 0 Å². The first kappa shape index (κ1) is 19.9. The van der Waals surface area contributed by atoms with Crippen LogP contribution in [-0.2, 0) is 32.4 Å². The zero-order valence-electron chi connectivity index (χ0n) is 16.3. The van der Waals surface area contributed by atoms with Gasteiger partial charge in [-0.3, -0.25) is 4.79 Å². The van der Waals surface area contributed by atoms with Gasteiger partial charge in [0.15, 0.2) is 0 Å². The zero-order valence-corrected chi connectivity index (χ0v) is 17.2. The van der Waals surface area contributed by atoms with Crippen LogP contribution in [0.25, 0.3) is 0 Å². The van der Waals surface area contributed by atoms with Crippen LogP contribution in [0.2, 0.25) is 0 Å². The van der Waals surface area contributed by atoms with E-state index in [1.807, 2.05) is 24.3 Å². The standard InChI is InChI=1S/C21H24N2O5S/c1-27-18-4-2-16(3-5-18)14-21(24)23-9-8-17-15-19(6-7-20(17)23)29(25,26)22-10-12-28-13-11-22/h2-7,15H,8-14H2,1H3. The van der Waals surface area contributed by atoms with E-state index in [2.05, 4.69) is 0 Å². The maximum atomic E-state index is 12.9. The Morgan fingerprint density at radius 1 is 1.07 bits per heavy atom. The van der Waals surface area contributed by atoms with Gasteiger partial charge < -0.3 is 14.4 Å². The molecule has 154 valence electrons. The minimum absolute atomic E-state index is 0.00213. The molecule has 1 saturated heterocycles. The van der Waals surface area contributed by atoms with Gasteiger partial charge in [-0.15, -0.1) is 0 Å². The number of methoxy groups -OCH3 is 1. The Labute approximate surface area is 170 Å². The summed E-state index contributed by atoms with van der Waals surface area (Å²) in [5.74, 6) is 0.749. The molecule has 0 saturated carbocycles. The molecule has 2 aliphatic heterocycles. The third-order valence-electron chi connectivity index (χ3n) is 5.37. The topological polar surface area (TPSA) is 76.2 Å². The van der Waals surface area contributed by atoms with Crippen LogP contribution in [0.5, 0.6) is 5.75 Å². The first-order valence-electron chi connectivity index (χ1n) is 9.63. The van der Waals surface area contributed by atoms with Crippen molar-refractivity contribution in [1.29, 1.82) is 0 Å². The van der Waals surface area contributed by atoms with Gasteiger partial charge in [0.2, 0.25) is 15.9 Å². The minimum Gasteiger partial charge on any atom is -0.497 e. The predicted octanol–water partition coefficient (Wildman–Crippen LogP) is 1.85. The van der Waals surface area contributed by atoms with Crippen LogP contribution < -0.4 is 9.64 Å². The lowest BCUT2D eigenvalue weighted by Gasteiger charge is -2.26. The SMILES string of the molecule is COc1ccc(CC(=O)N2CCc3cc(S(=O)(=O)N4CCOCC4)ccc32)cc1. The second kappa shape index (κ2) is 8.14. The molecule has 0 aliphatic carbocycles. The highest BCUT2D eigenvalue weighted by Gasteiger charge is 2.30. The number of carbonyl (C=O) groups is 1. The highest BCUT2D eigenvalue weighted by molar-refractivity contribution is 7.89. The molecule has 1 fully saturated rings. The predicted molar refractivity (Wildman–Crippen MR) is 109 cm³/mol. The molecule has 0 radical (unpaired) electrons. The lowest BCUT2D eigenvalue weighted by molar-refractivity contribution is -0.117. The summed E-state index contributed by atoms with van der Waals surface area (Å²) in [7, 11) is -1.93. The highest BCUT2D eigenvalue weighted by atomic mass is 32.2. The number of nitrogens with zero attached hydrogens (tertiary/aromatic N) is 2. The highest BCUT2D eigenvalue weighted by Crippen LogP contribution is 2.32. The third kappa shape index (κ3) is 4.01.